The second kappa shape index (κ2) is 10.6. The number of aromatic nitrogens is 2. The summed E-state index contributed by atoms with van der Waals surface area (Å²) in [5.74, 6) is -1.32. The van der Waals surface area contributed by atoms with E-state index < -0.39 is 5.97 Å². The smallest absolute Gasteiger partial charge is 0.343 e. The summed E-state index contributed by atoms with van der Waals surface area (Å²) in [7, 11) is 1.51. The molecule has 11 heteroatoms. The number of likely N-dealkylation sites (N-methyl/N-ethyl adjacent to an activating group) is 1. The minimum absolute atomic E-state index is 0.00589. The first kappa shape index (κ1) is 22.4. The molecule has 0 bridgehead atoms. The van der Waals surface area contributed by atoms with Gasteiger partial charge in [-0.3, -0.25) is 9.59 Å². The van der Waals surface area contributed by atoms with E-state index in [9.17, 15) is 14.4 Å². The lowest BCUT2D eigenvalue weighted by atomic mass is 10.3. The largest absolute Gasteiger partial charge is 0.462 e. The summed E-state index contributed by atoms with van der Waals surface area (Å²) in [4.78, 5) is 45.3. The third kappa shape index (κ3) is 6.61. The molecule has 2 rings (SSSR count). The number of nitrogens with zero attached hydrogens (tertiary/aromatic N) is 3. The highest BCUT2D eigenvalue weighted by atomic mass is 35.5. The Bertz CT molecular complexity index is 912. The van der Waals surface area contributed by atoms with Crippen LogP contribution in [0.5, 0.6) is 0 Å². The van der Waals surface area contributed by atoms with Crippen LogP contribution < -0.4 is 11.1 Å². The van der Waals surface area contributed by atoms with Crippen molar-refractivity contribution in [1.82, 2.24) is 14.9 Å². The summed E-state index contributed by atoms with van der Waals surface area (Å²) in [6.07, 6.45) is 1.26. The van der Waals surface area contributed by atoms with E-state index in [4.69, 9.17) is 22.1 Å². The van der Waals surface area contributed by atoms with Gasteiger partial charge >= 0.3 is 5.97 Å². The van der Waals surface area contributed by atoms with Crippen LogP contribution in [0.15, 0.2) is 35.6 Å². The van der Waals surface area contributed by atoms with Crippen molar-refractivity contribution in [2.45, 2.75) is 12.1 Å². The molecule has 0 fully saturated rings. The normalized spacial score (nSPS) is 10.3. The molecular weight excluding hydrogens is 418 g/mol. The van der Waals surface area contributed by atoms with Crippen molar-refractivity contribution < 1.29 is 19.1 Å². The van der Waals surface area contributed by atoms with E-state index in [0.717, 1.165) is 11.8 Å². The van der Waals surface area contributed by atoms with E-state index in [2.05, 4.69) is 15.3 Å². The van der Waals surface area contributed by atoms with Gasteiger partial charge in [0, 0.05) is 13.2 Å². The van der Waals surface area contributed by atoms with Gasteiger partial charge in [-0.15, -0.1) is 0 Å². The van der Waals surface area contributed by atoms with E-state index in [1.165, 1.54) is 18.1 Å². The number of halogens is 1. The van der Waals surface area contributed by atoms with Gasteiger partial charge in [0.25, 0.3) is 0 Å². The topological polar surface area (TPSA) is 128 Å². The first-order chi connectivity index (χ1) is 13.8. The third-order valence-corrected chi connectivity index (χ3v) is 4.75. The second-order valence-electron chi connectivity index (χ2n) is 5.74. The average molecular weight is 438 g/mol. The Morgan fingerprint density at radius 2 is 2.03 bits per heavy atom. The van der Waals surface area contributed by atoms with Crippen LogP contribution in [0.2, 0.25) is 5.02 Å². The summed E-state index contributed by atoms with van der Waals surface area (Å²) < 4.78 is 4.85. The number of carbonyl (C=O) groups excluding carboxylic acids is 3. The molecule has 154 valence electrons. The van der Waals surface area contributed by atoms with E-state index >= 15 is 0 Å². The first-order valence-corrected chi connectivity index (χ1v) is 9.89. The van der Waals surface area contributed by atoms with Crippen LogP contribution in [-0.2, 0) is 14.3 Å². The number of ether oxygens (including phenoxy) is 1. The van der Waals surface area contributed by atoms with Gasteiger partial charge in [0.1, 0.15) is 11.4 Å². The number of amides is 2. The second-order valence-corrected chi connectivity index (χ2v) is 7.09. The molecular formula is C18H20ClN5O4S. The zero-order valence-corrected chi connectivity index (χ0v) is 17.4. The zero-order valence-electron chi connectivity index (χ0n) is 15.8. The molecule has 0 saturated heterocycles. The number of rotatable bonds is 8. The molecule has 0 aliphatic rings. The SMILES string of the molecule is CCOC(=O)c1cnc(SCC(=O)N(C)CC(=O)Nc2ccccc2Cl)nc1N. The number of nitrogens with one attached hydrogen (secondary N) is 1. The Hall–Kier alpha value is -2.85. The van der Waals surface area contributed by atoms with Gasteiger partial charge in [-0.2, -0.15) is 0 Å². The Morgan fingerprint density at radius 1 is 1.31 bits per heavy atom. The molecule has 1 aromatic carbocycles. The summed E-state index contributed by atoms with van der Waals surface area (Å²) in [6.45, 7) is 1.74. The van der Waals surface area contributed by atoms with Crippen molar-refractivity contribution in [2.24, 2.45) is 0 Å². The van der Waals surface area contributed by atoms with Crippen LogP contribution in [0.3, 0.4) is 0 Å². The Balaban J connectivity index is 1.86. The summed E-state index contributed by atoms with van der Waals surface area (Å²) >= 11 is 7.03. The van der Waals surface area contributed by atoms with Crippen molar-refractivity contribution in [3.63, 3.8) is 0 Å². The standard InChI is InChI=1S/C18H20ClN5O4S/c1-3-28-17(27)11-8-21-18(23-16(11)20)29-10-15(26)24(2)9-14(25)22-13-7-5-4-6-12(13)19/h4-8H,3,9-10H2,1-2H3,(H,22,25)(H2,20,21,23). The van der Waals surface area contributed by atoms with Crippen molar-refractivity contribution in [2.75, 3.05) is 37.0 Å². The monoisotopic (exact) mass is 437 g/mol. The maximum Gasteiger partial charge on any atom is 0.343 e. The summed E-state index contributed by atoms with van der Waals surface area (Å²) in [5, 5.41) is 3.29. The lowest BCUT2D eigenvalue weighted by molar-refractivity contribution is -0.131. The van der Waals surface area contributed by atoms with Gasteiger partial charge in [-0.1, -0.05) is 35.5 Å². The molecule has 0 saturated carbocycles. The van der Waals surface area contributed by atoms with Crippen LogP contribution in [-0.4, -0.2) is 58.6 Å². The van der Waals surface area contributed by atoms with Crippen LogP contribution in [0, 0.1) is 0 Å². The zero-order chi connectivity index (χ0) is 21.4. The Labute approximate surface area is 177 Å². The van der Waals surface area contributed by atoms with Crippen molar-refractivity contribution in [3.8, 4) is 0 Å². The molecule has 0 radical (unpaired) electrons. The number of nitrogen functional groups attached to an aromatic ring is 1. The molecule has 2 amide bonds. The van der Waals surface area contributed by atoms with Gasteiger partial charge in [-0.05, 0) is 19.1 Å². The number of hydrogen-bond donors (Lipinski definition) is 2. The molecule has 1 heterocycles. The Kier molecular flexibility index (Phi) is 8.22. The molecule has 29 heavy (non-hydrogen) atoms. The van der Waals surface area contributed by atoms with Crippen molar-refractivity contribution >= 4 is 52.7 Å². The highest BCUT2D eigenvalue weighted by Crippen LogP contribution is 2.20. The lowest BCUT2D eigenvalue weighted by Gasteiger charge is -2.16. The highest BCUT2D eigenvalue weighted by molar-refractivity contribution is 7.99. The van der Waals surface area contributed by atoms with Crippen LogP contribution >= 0.6 is 23.4 Å². The van der Waals surface area contributed by atoms with E-state index in [1.54, 1.807) is 31.2 Å². The average Bonchev–Trinajstić information content (AvgIpc) is 2.68. The minimum atomic E-state index is -0.609. The van der Waals surface area contributed by atoms with Crippen molar-refractivity contribution in [3.05, 3.63) is 41.0 Å². The minimum Gasteiger partial charge on any atom is -0.462 e. The molecule has 0 atom stereocenters. The van der Waals surface area contributed by atoms with E-state index in [-0.39, 0.29) is 47.3 Å². The van der Waals surface area contributed by atoms with Gasteiger partial charge in [0.15, 0.2) is 5.16 Å². The predicted octanol–water partition coefficient (Wildman–Crippen LogP) is 2.08. The third-order valence-electron chi connectivity index (χ3n) is 3.57. The first-order valence-electron chi connectivity index (χ1n) is 8.52. The van der Waals surface area contributed by atoms with Crippen LogP contribution in [0.25, 0.3) is 0 Å². The van der Waals surface area contributed by atoms with E-state index in [1.807, 2.05) is 0 Å². The maximum atomic E-state index is 12.3. The van der Waals surface area contributed by atoms with Gasteiger partial charge in [0.2, 0.25) is 11.8 Å². The number of anilines is 2. The molecule has 2 aromatic rings. The molecule has 0 unspecified atom stereocenters. The Morgan fingerprint density at radius 3 is 2.69 bits per heavy atom. The summed E-state index contributed by atoms with van der Waals surface area (Å²) in [6, 6.07) is 6.81. The molecule has 0 aliphatic heterocycles. The number of benzene rings is 1. The molecule has 1 aromatic heterocycles. The quantitative estimate of drug-likeness (QED) is 0.365. The fourth-order valence-electron chi connectivity index (χ4n) is 2.11. The van der Waals surface area contributed by atoms with E-state index in [0.29, 0.717) is 10.7 Å². The molecule has 3 N–H and O–H groups in total. The van der Waals surface area contributed by atoms with Crippen molar-refractivity contribution in [1.29, 1.82) is 0 Å². The number of hydrogen-bond acceptors (Lipinski definition) is 8. The predicted molar refractivity (Wildman–Crippen MR) is 111 cm³/mol. The number of nitrogens with two attached hydrogens (primary N) is 1. The fourth-order valence-corrected chi connectivity index (χ4v) is 3.05. The molecule has 0 aliphatic carbocycles. The number of para-hydroxylation sites is 1. The lowest BCUT2D eigenvalue weighted by Crippen LogP contribution is -2.36. The van der Waals surface area contributed by atoms with Crippen LogP contribution in [0.4, 0.5) is 11.5 Å². The summed E-state index contributed by atoms with van der Waals surface area (Å²) in [5.41, 5.74) is 6.28. The number of thioether (sulfide) groups is 1. The highest BCUT2D eigenvalue weighted by Gasteiger charge is 2.17. The number of carbonyl (C=O) groups is 3. The van der Waals surface area contributed by atoms with Crippen LogP contribution in [0.1, 0.15) is 17.3 Å². The van der Waals surface area contributed by atoms with Gasteiger partial charge in [0.05, 0.1) is 29.6 Å². The molecule has 9 nitrogen and oxygen atoms in total. The van der Waals surface area contributed by atoms with Gasteiger partial charge in [-0.25, -0.2) is 14.8 Å². The molecule has 0 spiro atoms. The maximum absolute atomic E-state index is 12.3. The fraction of sp³-hybridized carbons (Fsp3) is 0.278. The van der Waals surface area contributed by atoms with Gasteiger partial charge < -0.3 is 20.7 Å². The number of esters is 1.